The third-order valence-electron chi connectivity index (χ3n) is 15.2. The molecule has 13 nitrogen and oxygen atoms in total. The van der Waals surface area contributed by atoms with Gasteiger partial charge in [0, 0.05) is 30.7 Å². The Bertz CT molecular complexity index is 2430. The van der Waals surface area contributed by atoms with Crippen LogP contribution in [0.3, 0.4) is 0 Å². The molecule has 0 spiro atoms. The van der Waals surface area contributed by atoms with Crippen LogP contribution in [0.25, 0.3) is 0 Å². The lowest BCUT2D eigenvalue weighted by molar-refractivity contribution is -0.344. The van der Waals surface area contributed by atoms with Crippen molar-refractivity contribution in [2.24, 2.45) is 22.7 Å². The molecule has 3 aromatic rings. The van der Waals surface area contributed by atoms with Gasteiger partial charge in [0.2, 0.25) is 0 Å². The van der Waals surface area contributed by atoms with Crippen LogP contribution in [-0.4, -0.2) is 99.7 Å². The van der Waals surface area contributed by atoms with Crippen molar-refractivity contribution in [2.75, 3.05) is 6.61 Å². The second-order valence-electron chi connectivity index (χ2n) is 21.0. The van der Waals surface area contributed by atoms with E-state index in [-0.39, 0.29) is 36.7 Å². The Hall–Kier alpha value is -4.78. The van der Waals surface area contributed by atoms with Gasteiger partial charge in [0.25, 0.3) is 5.91 Å². The van der Waals surface area contributed by atoms with E-state index in [4.69, 9.17) is 27.8 Å². The molecule has 2 N–H and O–H groups in total. The van der Waals surface area contributed by atoms with Crippen molar-refractivity contribution < 1.29 is 56.9 Å². The Morgan fingerprint density at radius 1 is 0.818 bits per heavy atom. The number of nitrogens with one attached hydrogen (secondary N) is 1. The zero-order valence-electron chi connectivity index (χ0n) is 39.5. The fourth-order valence-electron chi connectivity index (χ4n) is 12.2. The average Bonchev–Trinajstić information content (AvgIpc) is 3.27. The van der Waals surface area contributed by atoms with Crippen LogP contribution in [0.5, 0.6) is 0 Å². The molecule has 4 fully saturated rings. The number of hydrogen-bond donors (Lipinski definition) is 2. The summed E-state index contributed by atoms with van der Waals surface area (Å²) in [7, 11) is -5.49. The first-order valence-corrected chi connectivity index (χ1v) is 29.2. The maximum Gasteiger partial charge on any atom is 0.338 e. The van der Waals surface area contributed by atoms with Gasteiger partial charge in [-0.25, -0.2) is 4.79 Å². The van der Waals surface area contributed by atoms with Gasteiger partial charge in [-0.15, -0.1) is 0 Å². The predicted octanol–water partition coefficient (Wildman–Crippen LogP) is 7.45. The molecule has 4 bridgehead atoms. The molecule has 66 heavy (non-hydrogen) atoms. The van der Waals surface area contributed by atoms with Crippen LogP contribution in [0.1, 0.15) is 86.7 Å². The van der Waals surface area contributed by atoms with E-state index in [1.54, 1.807) is 75.4 Å². The Morgan fingerprint density at radius 3 is 1.97 bits per heavy atom. The third-order valence-corrected chi connectivity index (χ3v) is 23.8. The molecule has 1 unspecified atom stereocenters. The number of carbonyl (C=O) groups is 5. The van der Waals surface area contributed by atoms with Crippen LogP contribution in [0.15, 0.2) is 102 Å². The van der Waals surface area contributed by atoms with Crippen molar-refractivity contribution in [1.82, 2.24) is 5.32 Å². The highest BCUT2D eigenvalue weighted by Gasteiger charge is 2.79. The van der Waals surface area contributed by atoms with Crippen LogP contribution < -0.4 is 5.32 Å². The van der Waals surface area contributed by atoms with Crippen molar-refractivity contribution in [3.8, 4) is 0 Å². The molecule has 2 aliphatic heterocycles. The minimum atomic E-state index is -2.82. The van der Waals surface area contributed by atoms with Gasteiger partial charge < -0.3 is 38.2 Å². The van der Waals surface area contributed by atoms with E-state index in [0.717, 1.165) is 0 Å². The maximum atomic E-state index is 16.3. The summed E-state index contributed by atoms with van der Waals surface area (Å²) in [6.07, 6.45) is -5.66. The lowest BCUT2D eigenvalue weighted by Crippen LogP contribution is -2.82. The number of rotatable bonds is 9. The first kappa shape index (κ1) is 47.7. The van der Waals surface area contributed by atoms with E-state index in [2.05, 4.69) is 31.5 Å². The zero-order chi connectivity index (χ0) is 47.8. The molecule has 5 aliphatic rings. The van der Waals surface area contributed by atoms with Crippen LogP contribution in [-0.2, 0) is 42.2 Å². The molecule has 8 rings (SSSR count). The van der Waals surface area contributed by atoms with E-state index in [1.165, 1.54) is 6.92 Å². The standard InChI is InChI=1S/C51H63NO12Si2/c1-30-36(60-46(56)31(2)40(33-20-14-11-15-21-33)52-45(55)34-22-16-12-17-23-34)27-51(58)44(61-47(57)35-24-18-13-19-25-35)42-49(6)37(26-38-50(42,28-59-38)62-32(3)53)63-65(7,8)29-66(9,10)64-41(43(49)54)39(30)48(51,4)5/h11-25,31,36-38,40-42,44,58H,26-29H2,1-10H3,(H,52,55)/t31-,36+,37-,38+,40+,41+,42?,44+,49+,50+,51+/m0/s1. The second-order valence-corrected chi connectivity index (χ2v) is 29.9. The number of Topliss-reactive ketones (excluding diaryl/α,β-unsaturated/α-hetero) is 1. The first-order valence-electron chi connectivity index (χ1n) is 23.0. The molecule has 15 heteroatoms. The minimum absolute atomic E-state index is 0.132. The molecule has 352 valence electrons. The van der Waals surface area contributed by atoms with Crippen LogP contribution in [0, 0.1) is 22.7 Å². The molecule has 0 aromatic heterocycles. The highest BCUT2D eigenvalue weighted by atomic mass is 28.4. The molecule has 2 heterocycles. The predicted molar refractivity (Wildman–Crippen MR) is 249 cm³/mol. The zero-order valence-corrected chi connectivity index (χ0v) is 41.5. The van der Waals surface area contributed by atoms with Crippen molar-refractivity contribution >= 4 is 46.2 Å². The summed E-state index contributed by atoms with van der Waals surface area (Å²) in [5.74, 6) is -5.02. The molecule has 1 amide bonds. The number of benzene rings is 3. The summed E-state index contributed by atoms with van der Waals surface area (Å²) in [5, 5.41) is 17.2. The Labute approximate surface area is 389 Å². The number of esters is 3. The SMILES string of the molecule is CC(=O)O[C@]12CO[C@@H]1C[C@@H]1O[Si](C)(C)C[Si](C)(C)O[C@H]3C(=O)[C@@]1(C)C2[C@@H](OC(=O)c1ccccc1)[C@]1(O)C[C@@H](OC(=O)[C@@H](C)[C@@H](NC(=O)c2ccccc2)c2ccccc2)C(C)=C3C1(C)C. The lowest BCUT2D eigenvalue weighted by Gasteiger charge is -2.68. The summed E-state index contributed by atoms with van der Waals surface area (Å²) in [4.78, 5) is 72.8. The number of amides is 1. The van der Waals surface area contributed by atoms with E-state index >= 15 is 4.79 Å². The van der Waals surface area contributed by atoms with Gasteiger partial charge in [-0.05, 0) is 93.6 Å². The summed E-state index contributed by atoms with van der Waals surface area (Å²) in [6, 6.07) is 25.4. The van der Waals surface area contributed by atoms with E-state index in [1.807, 2.05) is 50.2 Å². The average molecular weight is 938 g/mol. The normalized spacial score (nSPS) is 33.6. The number of hydrogen-bond acceptors (Lipinski definition) is 12. The van der Waals surface area contributed by atoms with E-state index in [0.29, 0.717) is 27.9 Å². The van der Waals surface area contributed by atoms with E-state index in [9.17, 15) is 24.3 Å². The Kier molecular flexibility index (Phi) is 12.3. The molecular formula is C51H63NO12Si2. The van der Waals surface area contributed by atoms with E-state index < -0.39 is 105 Å². The molecule has 3 aliphatic carbocycles. The number of ether oxygens (including phenoxy) is 4. The minimum Gasteiger partial charge on any atom is -0.457 e. The maximum absolute atomic E-state index is 16.3. The Morgan fingerprint density at radius 2 is 1.39 bits per heavy atom. The molecule has 2 saturated carbocycles. The quantitative estimate of drug-likeness (QED) is 0.0941. The van der Waals surface area contributed by atoms with Gasteiger partial charge in [-0.3, -0.25) is 19.2 Å². The van der Waals surface area contributed by atoms with Gasteiger partial charge in [0.1, 0.15) is 30.0 Å². The third kappa shape index (κ3) is 8.02. The van der Waals surface area contributed by atoms with Gasteiger partial charge in [-0.2, -0.15) is 0 Å². The van der Waals surface area contributed by atoms with Crippen molar-refractivity contribution in [2.45, 2.75) is 134 Å². The van der Waals surface area contributed by atoms with Gasteiger partial charge in [0.15, 0.2) is 28.0 Å². The Balaban J connectivity index is 1.32. The van der Waals surface area contributed by atoms with Crippen LogP contribution >= 0.6 is 0 Å². The van der Waals surface area contributed by atoms with Crippen LogP contribution in [0.2, 0.25) is 31.9 Å². The number of carbonyl (C=O) groups excluding carboxylic acids is 5. The summed E-state index contributed by atoms with van der Waals surface area (Å²) >= 11 is 0. The van der Waals surface area contributed by atoms with Gasteiger partial charge >= 0.3 is 17.9 Å². The van der Waals surface area contributed by atoms with Crippen molar-refractivity contribution in [3.05, 3.63) is 119 Å². The van der Waals surface area contributed by atoms with Crippen molar-refractivity contribution in [1.29, 1.82) is 0 Å². The fraction of sp³-hybridized carbons (Fsp3) is 0.510. The van der Waals surface area contributed by atoms with Gasteiger partial charge in [-0.1, -0.05) is 80.6 Å². The fourth-order valence-corrected chi connectivity index (χ4v) is 23.0. The summed E-state index contributed by atoms with van der Waals surface area (Å²) in [6.45, 7) is 18.4. The lowest BCUT2D eigenvalue weighted by atomic mass is 9.44. The van der Waals surface area contributed by atoms with Crippen LogP contribution in [0.4, 0.5) is 0 Å². The summed E-state index contributed by atoms with van der Waals surface area (Å²) < 4.78 is 40.4. The molecule has 11 atom stereocenters. The molecule has 2 saturated heterocycles. The van der Waals surface area contributed by atoms with Gasteiger partial charge in [0.05, 0.1) is 41.6 Å². The number of ketones is 1. The molecule has 0 radical (unpaired) electrons. The monoisotopic (exact) mass is 937 g/mol. The molecule has 3 aromatic carbocycles. The second kappa shape index (κ2) is 17.1. The smallest absolute Gasteiger partial charge is 0.338 e. The number of aliphatic hydroxyl groups is 1. The molecular weight excluding hydrogens is 875 g/mol. The first-order chi connectivity index (χ1) is 31.0. The van der Waals surface area contributed by atoms with Crippen molar-refractivity contribution in [3.63, 3.8) is 0 Å². The summed E-state index contributed by atoms with van der Waals surface area (Å²) in [5.41, 5.74) is -3.80. The highest BCUT2D eigenvalue weighted by molar-refractivity contribution is 6.89. The largest absolute Gasteiger partial charge is 0.457 e. The topological polar surface area (TPSA) is 173 Å². The number of fused-ring (bicyclic) bond motifs is 6. The highest BCUT2D eigenvalue weighted by Crippen LogP contribution is 2.65.